The maximum atomic E-state index is 12.3. The molecule has 1 aromatic heterocycles. The molecule has 0 bridgehead atoms. The number of carbonyl (C=O) groups excluding carboxylic acids is 1. The fourth-order valence-electron chi connectivity index (χ4n) is 2.69. The predicted molar refractivity (Wildman–Crippen MR) is 86.3 cm³/mol. The average molecular weight is 311 g/mol. The van der Waals surface area contributed by atoms with Crippen molar-refractivity contribution in [1.82, 2.24) is 5.32 Å². The number of hydrogen-bond acceptors (Lipinski definition) is 4. The first-order valence-electron chi connectivity index (χ1n) is 7.21. The Balaban J connectivity index is 1.64. The van der Waals surface area contributed by atoms with Crippen LogP contribution in [0, 0.1) is 11.3 Å². The van der Waals surface area contributed by atoms with Gasteiger partial charge in [0.25, 0.3) is 0 Å². The van der Waals surface area contributed by atoms with Gasteiger partial charge < -0.3 is 11.1 Å². The molecule has 3 rings (SSSR count). The molecule has 1 heterocycles. The van der Waals surface area contributed by atoms with Gasteiger partial charge in [-0.3, -0.25) is 4.79 Å². The second kappa shape index (κ2) is 5.91. The molecule has 2 aromatic rings. The lowest BCUT2D eigenvalue weighted by molar-refractivity contribution is -0.122. The first kappa shape index (κ1) is 14.8. The zero-order valence-corrected chi connectivity index (χ0v) is 12.8. The van der Waals surface area contributed by atoms with E-state index in [0.717, 1.165) is 10.4 Å². The standard InChI is InChI=1S/C17H17N3OS/c18-11-17(10-14(17)12-5-2-1-3-6-12)20-16(21)15(19)9-13-7-4-8-22-13/h1-8,14-15H,9-10,19H2,(H,20,21)/t14?,15-,17?/m0/s1. The van der Waals surface area contributed by atoms with Crippen LogP contribution >= 0.6 is 11.3 Å². The van der Waals surface area contributed by atoms with E-state index in [9.17, 15) is 10.1 Å². The summed E-state index contributed by atoms with van der Waals surface area (Å²) in [5.74, 6) is -0.204. The molecule has 1 aromatic carbocycles. The summed E-state index contributed by atoms with van der Waals surface area (Å²) in [5.41, 5.74) is 6.25. The summed E-state index contributed by atoms with van der Waals surface area (Å²) in [6.07, 6.45) is 1.14. The van der Waals surface area contributed by atoms with Crippen LogP contribution in [-0.4, -0.2) is 17.5 Å². The van der Waals surface area contributed by atoms with Gasteiger partial charge in [0, 0.05) is 17.2 Å². The topological polar surface area (TPSA) is 78.9 Å². The fraction of sp³-hybridized carbons (Fsp3) is 0.294. The number of carbonyl (C=O) groups is 1. The predicted octanol–water partition coefficient (Wildman–Crippen LogP) is 2.18. The number of nitrogens with two attached hydrogens (primary N) is 1. The third kappa shape index (κ3) is 2.89. The molecule has 1 aliphatic rings. The summed E-state index contributed by atoms with van der Waals surface area (Å²) in [6.45, 7) is 0. The highest BCUT2D eigenvalue weighted by Crippen LogP contribution is 2.50. The number of amides is 1. The summed E-state index contributed by atoms with van der Waals surface area (Å²) < 4.78 is 0. The Hall–Kier alpha value is -2.16. The molecular formula is C17H17N3OS. The highest BCUT2D eigenvalue weighted by atomic mass is 32.1. The number of nitriles is 1. The Bertz CT molecular complexity index is 692. The molecule has 112 valence electrons. The molecular weight excluding hydrogens is 294 g/mol. The molecule has 1 saturated carbocycles. The highest BCUT2D eigenvalue weighted by Gasteiger charge is 2.57. The monoisotopic (exact) mass is 311 g/mol. The van der Waals surface area contributed by atoms with E-state index in [0.29, 0.717) is 12.8 Å². The van der Waals surface area contributed by atoms with Gasteiger partial charge in [-0.1, -0.05) is 36.4 Å². The number of rotatable bonds is 5. The van der Waals surface area contributed by atoms with Gasteiger partial charge in [0.1, 0.15) is 5.54 Å². The molecule has 1 aliphatic carbocycles. The van der Waals surface area contributed by atoms with E-state index < -0.39 is 11.6 Å². The molecule has 3 N–H and O–H groups in total. The lowest BCUT2D eigenvalue weighted by atomic mass is 10.1. The average Bonchev–Trinajstić information content (AvgIpc) is 3.02. The smallest absolute Gasteiger partial charge is 0.238 e. The zero-order valence-electron chi connectivity index (χ0n) is 12.0. The Kier molecular flexibility index (Phi) is 3.97. The summed E-state index contributed by atoms with van der Waals surface area (Å²) in [5, 5.41) is 14.3. The SMILES string of the molecule is N#CC1(NC(=O)[C@@H](N)Cc2cccs2)CC1c1ccccc1. The van der Waals surface area contributed by atoms with Gasteiger partial charge >= 0.3 is 0 Å². The van der Waals surface area contributed by atoms with Crippen molar-refractivity contribution in [2.75, 3.05) is 0 Å². The van der Waals surface area contributed by atoms with E-state index in [-0.39, 0.29) is 11.8 Å². The van der Waals surface area contributed by atoms with Crippen LogP contribution in [0.1, 0.15) is 22.8 Å². The molecule has 0 aliphatic heterocycles. The molecule has 5 heteroatoms. The van der Waals surface area contributed by atoms with E-state index in [1.165, 1.54) is 0 Å². The molecule has 4 nitrogen and oxygen atoms in total. The van der Waals surface area contributed by atoms with Gasteiger partial charge in [0.2, 0.25) is 5.91 Å². The van der Waals surface area contributed by atoms with Crippen molar-refractivity contribution in [3.63, 3.8) is 0 Å². The van der Waals surface area contributed by atoms with Crippen molar-refractivity contribution >= 4 is 17.2 Å². The summed E-state index contributed by atoms with van der Waals surface area (Å²) in [6, 6.07) is 15.3. The van der Waals surface area contributed by atoms with Crippen LogP contribution in [0.25, 0.3) is 0 Å². The van der Waals surface area contributed by atoms with Gasteiger partial charge in [0.15, 0.2) is 0 Å². The van der Waals surface area contributed by atoms with Crippen molar-refractivity contribution in [2.24, 2.45) is 5.73 Å². The highest BCUT2D eigenvalue weighted by molar-refractivity contribution is 7.09. The minimum absolute atomic E-state index is 0.0524. The molecule has 0 saturated heterocycles. The van der Waals surface area contributed by atoms with E-state index in [4.69, 9.17) is 5.73 Å². The summed E-state index contributed by atoms with van der Waals surface area (Å²) in [4.78, 5) is 13.4. The van der Waals surface area contributed by atoms with Crippen molar-refractivity contribution in [1.29, 1.82) is 5.26 Å². The Morgan fingerprint density at radius 1 is 1.41 bits per heavy atom. The third-order valence-corrected chi connectivity index (χ3v) is 4.95. The fourth-order valence-corrected chi connectivity index (χ4v) is 3.46. The van der Waals surface area contributed by atoms with Crippen molar-refractivity contribution in [3.05, 3.63) is 58.3 Å². The van der Waals surface area contributed by atoms with E-state index in [1.54, 1.807) is 11.3 Å². The van der Waals surface area contributed by atoms with Crippen LogP contribution in [0.2, 0.25) is 0 Å². The Morgan fingerprint density at radius 3 is 2.82 bits per heavy atom. The number of hydrogen-bond donors (Lipinski definition) is 2. The van der Waals surface area contributed by atoms with Crippen molar-refractivity contribution in [2.45, 2.75) is 30.3 Å². The number of thiophene rings is 1. The van der Waals surface area contributed by atoms with Gasteiger partial charge in [-0.05, 0) is 23.4 Å². The van der Waals surface area contributed by atoms with Crippen molar-refractivity contribution < 1.29 is 4.79 Å². The molecule has 0 spiro atoms. The molecule has 22 heavy (non-hydrogen) atoms. The van der Waals surface area contributed by atoms with E-state index in [1.807, 2.05) is 47.8 Å². The number of nitrogens with one attached hydrogen (secondary N) is 1. The van der Waals surface area contributed by atoms with Crippen molar-refractivity contribution in [3.8, 4) is 6.07 Å². The maximum absolute atomic E-state index is 12.3. The molecule has 1 amide bonds. The number of nitrogens with zero attached hydrogens (tertiary/aromatic N) is 1. The lowest BCUT2D eigenvalue weighted by Gasteiger charge is -2.16. The van der Waals surface area contributed by atoms with Gasteiger partial charge in [-0.15, -0.1) is 11.3 Å². The second-order valence-corrected chi connectivity index (χ2v) is 6.66. The van der Waals surface area contributed by atoms with Gasteiger partial charge in [-0.2, -0.15) is 5.26 Å². The van der Waals surface area contributed by atoms with Crippen LogP contribution in [0.15, 0.2) is 47.8 Å². The van der Waals surface area contributed by atoms with Gasteiger partial charge in [-0.25, -0.2) is 0 Å². The maximum Gasteiger partial charge on any atom is 0.238 e. The third-order valence-electron chi connectivity index (χ3n) is 4.05. The van der Waals surface area contributed by atoms with E-state index >= 15 is 0 Å². The van der Waals surface area contributed by atoms with Gasteiger partial charge in [0.05, 0.1) is 12.1 Å². The van der Waals surface area contributed by atoms with Crippen LogP contribution in [0.5, 0.6) is 0 Å². The van der Waals surface area contributed by atoms with Crippen LogP contribution in [-0.2, 0) is 11.2 Å². The largest absolute Gasteiger partial charge is 0.336 e. The zero-order chi connectivity index (χ0) is 15.6. The van der Waals surface area contributed by atoms with E-state index in [2.05, 4.69) is 11.4 Å². The second-order valence-electron chi connectivity index (χ2n) is 5.63. The normalized spacial score (nSPS) is 24.3. The Morgan fingerprint density at radius 2 is 2.18 bits per heavy atom. The molecule has 3 atom stereocenters. The van der Waals surface area contributed by atoms with Crippen LogP contribution in [0.3, 0.4) is 0 Å². The molecule has 2 unspecified atom stereocenters. The summed E-state index contributed by atoms with van der Waals surface area (Å²) in [7, 11) is 0. The molecule has 1 fully saturated rings. The van der Waals surface area contributed by atoms with Crippen LogP contribution < -0.4 is 11.1 Å². The number of benzene rings is 1. The molecule has 0 radical (unpaired) electrons. The first-order valence-corrected chi connectivity index (χ1v) is 8.09. The van der Waals surface area contributed by atoms with Crippen LogP contribution in [0.4, 0.5) is 0 Å². The first-order chi connectivity index (χ1) is 10.6. The Labute approximate surface area is 133 Å². The summed E-state index contributed by atoms with van der Waals surface area (Å²) >= 11 is 1.58. The minimum atomic E-state index is -0.800. The lowest BCUT2D eigenvalue weighted by Crippen LogP contribution is -2.47. The quantitative estimate of drug-likeness (QED) is 0.888. The minimum Gasteiger partial charge on any atom is -0.336 e.